The fourth-order valence-electron chi connectivity index (χ4n) is 4.80. The van der Waals surface area contributed by atoms with Crippen molar-refractivity contribution in [2.75, 3.05) is 18.0 Å². The van der Waals surface area contributed by atoms with E-state index in [-0.39, 0.29) is 22.8 Å². The summed E-state index contributed by atoms with van der Waals surface area (Å²) < 4.78 is 27.2. The number of sulfonamides is 1. The maximum atomic E-state index is 13.1. The van der Waals surface area contributed by atoms with Crippen molar-refractivity contribution in [1.29, 1.82) is 0 Å². The molecule has 1 atom stereocenters. The van der Waals surface area contributed by atoms with Crippen LogP contribution in [0, 0.1) is 0 Å². The molecule has 1 N–H and O–H groups in total. The molecule has 7 nitrogen and oxygen atoms in total. The minimum absolute atomic E-state index is 0.143. The number of amides is 2. The fourth-order valence-corrected chi connectivity index (χ4v) is 6.31. The first-order chi connectivity index (χ1) is 14.8. The van der Waals surface area contributed by atoms with Crippen molar-refractivity contribution in [3.05, 3.63) is 23.8 Å². The number of carbonyl (C=O) groups is 2. The van der Waals surface area contributed by atoms with Crippen molar-refractivity contribution < 1.29 is 18.0 Å². The average molecular weight is 450 g/mol. The summed E-state index contributed by atoms with van der Waals surface area (Å²) in [5.74, 6) is -0.360. The van der Waals surface area contributed by atoms with Gasteiger partial charge in [0, 0.05) is 38.2 Å². The monoisotopic (exact) mass is 449 g/mol. The molecule has 1 unspecified atom stereocenters. The van der Waals surface area contributed by atoms with E-state index in [9.17, 15) is 18.0 Å². The average Bonchev–Trinajstić information content (AvgIpc) is 3.09. The Labute approximate surface area is 186 Å². The largest absolute Gasteiger partial charge is 0.352 e. The molecule has 1 aromatic carbocycles. The number of fused-ring (bicyclic) bond motifs is 1. The number of hydrogen-bond donors (Lipinski definition) is 1. The number of benzene rings is 1. The second-order valence-corrected chi connectivity index (χ2v) is 10.5. The van der Waals surface area contributed by atoms with Crippen LogP contribution in [0.4, 0.5) is 5.69 Å². The molecule has 31 heavy (non-hydrogen) atoms. The zero-order valence-electron chi connectivity index (χ0n) is 18.9. The lowest BCUT2D eigenvalue weighted by atomic mass is 9.96. The van der Waals surface area contributed by atoms with Gasteiger partial charge in [0.05, 0.1) is 4.90 Å². The van der Waals surface area contributed by atoms with Crippen LogP contribution in [-0.2, 0) is 26.0 Å². The normalized spacial score (nSPS) is 20.3. The van der Waals surface area contributed by atoms with Crippen LogP contribution in [0.15, 0.2) is 23.1 Å². The van der Waals surface area contributed by atoms with E-state index in [0.717, 1.165) is 31.2 Å². The van der Waals surface area contributed by atoms with Crippen LogP contribution in [0.3, 0.4) is 0 Å². The van der Waals surface area contributed by atoms with Crippen molar-refractivity contribution in [1.82, 2.24) is 9.62 Å². The lowest BCUT2D eigenvalue weighted by molar-refractivity contribution is -0.126. The van der Waals surface area contributed by atoms with Crippen molar-refractivity contribution in [3.63, 3.8) is 0 Å². The predicted molar refractivity (Wildman–Crippen MR) is 121 cm³/mol. The van der Waals surface area contributed by atoms with Crippen molar-refractivity contribution >= 4 is 27.5 Å². The summed E-state index contributed by atoms with van der Waals surface area (Å²) in [6.07, 6.45) is 8.15. The molecule has 0 spiro atoms. The molecule has 1 heterocycles. The molecule has 1 fully saturated rings. The Hall–Kier alpha value is -1.93. The predicted octanol–water partition coefficient (Wildman–Crippen LogP) is 3.22. The SMILES string of the molecule is CCN(CC)S(=O)(=O)c1ccc2c(c1)CC(C(=O)NC1CCCCCCC1)N2C(C)=O. The molecular weight excluding hydrogens is 414 g/mol. The van der Waals surface area contributed by atoms with Crippen molar-refractivity contribution in [3.8, 4) is 0 Å². The van der Waals surface area contributed by atoms with Gasteiger partial charge in [-0.3, -0.25) is 14.5 Å². The smallest absolute Gasteiger partial charge is 0.243 e. The first-order valence-corrected chi connectivity index (χ1v) is 13.0. The first-order valence-electron chi connectivity index (χ1n) is 11.5. The zero-order chi connectivity index (χ0) is 22.6. The Bertz CT molecular complexity index is 903. The molecule has 0 saturated heterocycles. The van der Waals surface area contributed by atoms with Crippen LogP contribution in [0.1, 0.15) is 71.3 Å². The highest BCUT2D eigenvalue weighted by Crippen LogP contribution is 2.35. The van der Waals surface area contributed by atoms with Gasteiger partial charge >= 0.3 is 0 Å². The van der Waals surface area contributed by atoms with Gasteiger partial charge in [0.15, 0.2) is 0 Å². The molecule has 2 aliphatic rings. The van der Waals surface area contributed by atoms with Crippen molar-refractivity contribution in [2.45, 2.75) is 89.1 Å². The van der Waals surface area contributed by atoms with Gasteiger partial charge in [-0.25, -0.2) is 8.42 Å². The third-order valence-electron chi connectivity index (χ3n) is 6.47. The highest BCUT2D eigenvalue weighted by molar-refractivity contribution is 7.89. The summed E-state index contributed by atoms with van der Waals surface area (Å²) in [5.41, 5.74) is 1.35. The number of hydrogen-bond acceptors (Lipinski definition) is 4. The number of rotatable bonds is 6. The Morgan fingerprint density at radius 2 is 1.68 bits per heavy atom. The van der Waals surface area contributed by atoms with Crippen LogP contribution in [0.2, 0.25) is 0 Å². The molecule has 0 radical (unpaired) electrons. The number of nitrogens with one attached hydrogen (secondary N) is 1. The minimum atomic E-state index is -3.60. The lowest BCUT2D eigenvalue weighted by Gasteiger charge is -2.27. The third-order valence-corrected chi connectivity index (χ3v) is 8.52. The van der Waals surface area contributed by atoms with E-state index in [2.05, 4.69) is 5.32 Å². The van der Waals surface area contributed by atoms with Crippen LogP contribution in [0.5, 0.6) is 0 Å². The Morgan fingerprint density at radius 1 is 1.06 bits per heavy atom. The van der Waals surface area contributed by atoms with Gasteiger partial charge in [0.2, 0.25) is 21.8 Å². The van der Waals surface area contributed by atoms with E-state index in [1.165, 1.54) is 41.5 Å². The summed E-state index contributed by atoms with van der Waals surface area (Å²) >= 11 is 0. The molecule has 1 aromatic rings. The second-order valence-electron chi connectivity index (χ2n) is 8.54. The topological polar surface area (TPSA) is 86.8 Å². The van der Waals surface area contributed by atoms with E-state index in [4.69, 9.17) is 0 Å². The summed E-state index contributed by atoms with van der Waals surface area (Å²) in [7, 11) is -3.60. The maximum absolute atomic E-state index is 13.1. The molecule has 172 valence electrons. The highest BCUT2D eigenvalue weighted by atomic mass is 32.2. The van der Waals surface area contributed by atoms with Crippen LogP contribution in [-0.4, -0.2) is 49.7 Å². The molecule has 3 rings (SSSR count). The number of anilines is 1. The van der Waals surface area contributed by atoms with Crippen molar-refractivity contribution in [2.24, 2.45) is 0 Å². The van der Waals surface area contributed by atoms with Gasteiger partial charge in [-0.2, -0.15) is 4.31 Å². The summed E-state index contributed by atoms with van der Waals surface area (Å²) in [4.78, 5) is 27.3. The third kappa shape index (κ3) is 5.12. The van der Waals surface area contributed by atoms with Gasteiger partial charge in [0.1, 0.15) is 6.04 Å². The highest BCUT2D eigenvalue weighted by Gasteiger charge is 2.38. The van der Waals surface area contributed by atoms with Gasteiger partial charge in [-0.1, -0.05) is 46.0 Å². The second kappa shape index (κ2) is 10.1. The van der Waals surface area contributed by atoms with E-state index in [1.54, 1.807) is 12.1 Å². The maximum Gasteiger partial charge on any atom is 0.243 e. The standard InChI is InChI=1S/C23H35N3O4S/c1-4-25(5-2)31(29,30)20-13-14-21-18(15-20)16-22(26(21)17(3)27)23(28)24-19-11-9-7-6-8-10-12-19/h13-15,19,22H,4-12,16H2,1-3H3,(H,24,28). The van der Waals surface area contributed by atoms with Crippen LogP contribution < -0.4 is 10.2 Å². The van der Waals surface area contributed by atoms with E-state index in [0.29, 0.717) is 25.2 Å². The van der Waals surface area contributed by atoms with E-state index < -0.39 is 16.1 Å². The molecule has 2 amide bonds. The molecule has 1 aliphatic heterocycles. The molecule has 0 bridgehead atoms. The van der Waals surface area contributed by atoms with Crippen LogP contribution in [0.25, 0.3) is 0 Å². The lowest BCUT2D eigenvalue weighted by Crippen LogP contribution is -2.50. The number of nitrogens with zero attached hydrogens (tertiary/aromatic N) is 2. The molecule has 1 saturated carbocycles. The van der Waals surface area contributed by atoms with Crippen LogP contribution >= 0.6 is 0 Å². The first kappa shape index (κ1) is 23.7. The minimum Gasteiger partial charge on any atom is -0.352 e. The zero-order valence-corrected chi connectivity index (χ0v) is 19.7. The molecular formula is C23H35N3O4S. The summed E-state index contributed by atoms with van der Waals surface area (Å²) in [5, 5.41) is 3.17. The van der Waals surface area contributed by atoms with Gasteiger partial charge in [-0.15, -0.1) is 0 Å². The van der Waals surface area contributed by atoms with Gasteiger partial charge in [-0.05, 0) is 36.6 Å². The fraction of sp³-hybridized carbons (Fsp3) is 0.652. The molecule has 8 heteroatoms. The van der Waals surface area contributed by atoms with Gasteiger partial charge < -0.3 is 5.32 Å². The van der Waals surface area contributed by atoms with E-state index >= 15 is 0 Å². The Morgan fingerprint density at radius 3 is 2.26 bits per heavy atom. The molecule has 0 aromatic heterocycles. The van der Waals surface area contributed by atoms with E-state index in [1.807, 2.05) is 13.8 Å². The summed E-state index contributed by atoms with van der Waals surface area (Å²) in [6.45, 7) is 5.85. The molecule has 1 aliphatic carbocycles. The Balaban J connectivity index is 1.83. The Kier molecular flexibility index (Phi) is 7.75. The number of carbonyl (C=O) groups excluding carboxylic acids is 2. The summed E-state index contributed by atoms with van der Waals surface area (Å²) in [6, 6.07) is 4.34. The quantitative estimate of drug-likeness (QED) is 0.722. The van der Waals surface area contributed by atoms with Gasteiger partial charge in [0.25, 0.3) is 0 Å².